The van der Waals surface area contributed by atoms with E-state index in [4.69, 9.17) is 9.26 Å². The fourth-order valence-electron chi connectivity index (χ4n) is 5.15. The minimum absolute atomic E-state index is 0.364. The van der Waals surface area contributed by atoms with Crippen LogP contribution in [0.4, 0.5) is 5.82 Å². The van der Waals surface area contributed by atoms with Gasteiger partial charge in [0.25, 0.3) is 0 Å². The highest BCUT2D eigenvalue weighted by Crippen LogP contribution is 2.46. The van der Waals surface area contributed by atoms with E-state index in [9.17, 15) is 4.79 Å². The molecule has 3 atom stereocenters. The highest BCUT2D eigenvalue weighted by molar-refractivity contribution is 6.00. The van der Waals surface area contributed by atoms with E-state index in [1.807, 2.05) is 30.3 Å². The average molecular weight is 403 g/mol. The summed E-state index contributed by atoms with van der Waals surface area (Å²) in [6, 6.07) is 20.6. The number of aromatic nitrogens is 1. The molecule has 0 saturated carbocycles. The zero-order valence-corrected chi connectivity index (χ0v) is 17.2. The van der Waals surface area contributed by atoms with Gasteiger partial charge >= 0.3 is 5.97 Å². The van der Waals surface area contributed by atoms with Gasteiger partial charge in [-0.25, -0.2) is 4.79 Å². The van der Waals surface area contributed by atoms with Crippen molar-refractivity contribution in [3.05, 3.63) is 71.8 Å². The molecule has 0 N–H and O–H groups in total. The minimum atomic E-state index is -0.418. The number of anilines is 1. The Morgan fingerprint density at radius 2 is 1.73 bits per heavy atom. The summed E-state index contributed by atoms with van der Waals surface area (Å²) >= 11 is 0. The van der Waals surface area contributed by atoms with E-state index >= 15 is 0 Å². The van der Waals surface area contributed by atoms with Gasteiger partial charge in [0.05, 0.1) is 7.11 Å². The smallest absolute Gasteiger partial charge is 0.345 e. The summed E-state index contributed by atoms with van der Waals surface area (Å²) in [5.41, 5.74) is 2.57. The molecule has 6 nitrogen and oxygen atoms in total. The van der Waals surface area contributed by atoms with Gasteiger partial charge in [-0.3, -0.25) is 4.90 Å². The van der Waals surface area contributed by atoms with Crippen molar-refractivity contribution in [2.24, 2.45) is 11.8 Å². The first-order valence-corrected chi connectivity index (χ1v) is 10.3. The van der Waals surface area contributed by atoms with Crippen LogP contribution in [0.5, 0.6) is 0 Å². The molecule has 3 aromatic rings. The molecule has 2 aromatic carbocycles. The van der Waals surface area contributed by atoms with Crippen molar-refractivity contribution in [2.45, 2.75) is 6.04 Å². The minimum Gasteiger partial charge on any atom is -0.465 e. The van der Waals surface area contributed by atoms with Gasteiger partial charge in [-0.15, -0.1) is 0 Å². The van der Waals surface area contributed by atoms with E-state index in [1.165, 1.54) is 12.7 Å². The molecule has 0 aliphatic carbocycles. The molecule has 0 spiro atoms. The number of esters is 1. The molecule has 5 rings (SSSR count). The first-order valence-electron chi connectivity index (χ1n) is 10.3. The van der Waals surface area contributed by atoms with Crippen molar-refractivity contribution in [1.29, 1.82) is 0 Å². The Morgan fingerprint density at radius 1 is 1.03 bits per heavy atom. The summed E-state index contributed by atoms with van der Waals surface area (Å²) in [5, 5.41) is 4.32. The molecule has 2 fully saturated rings. The second kappa shape index (κ2) is 7.61. The number of carbonyl (C=O) groups is 1. The van der Waals surface area contributed by atoms with Crippen molar-refractivity contribution in [3.8, 4) is 11.3 Å². The predicted molar refractivity (Wildman–Crippen MR) is 114 cm³/mol. The molecule has 1 aromatic heterocycles. The van der Waals surface area contributed by atoms with E-state index in [2.05, 4.69) is 52.3 Å². The SMILES string of the molecule is COC(=O)c1c(N2C[C@@H]3CN(C)[C@@H](c4ccccc4)[C@@H]3C2)noc1-c1ccccc1. The van der Waals surface area contributed by atoms with E-state index in [0.29, 0.717) is 35.0 Å². The van der Waals surface area contributed by atoms with E-state index in [-0.39, 0.29) is 0 Å². The quantitative estimate of drug-likeness (QED) is 0.617. The number of methoxy groups -OCH3 is 1. The van der Waals surface area contributed by atoms with E-state index in [0.717, 1.165) is 25.2 Å². The number of likely N-dealkylation sites (tertiary alicyclic amines) is 1. The van der Waals surface area contributed by atoms with Crippen molar-refractivity contribution in [1.82, 2.24) is 10.1 Å². The van der Waals surface area contributed by atoms with Crippen LogP contribution in [0.2, 0.25) is 0 Å². The molecule has 0 radical (unpaired) electrons. The summed E-state index contributed by atoms with van der Waals surface area (Å²) in [5.74, 6) is 1.62. The van der Waals surface area contributed by atoms with Crippen molar-refractivity contribution in [2.75, 3.05) is 38.7 Å². The number of hydrogen-bond acceptors (Lipinski definition) is 6. The van der Waals surface area contributed by atoms with Crippen LogP contribution in [-0.4, -0.2) is 49.8 Å². The maximum atomic E-state index is 12.7. The Morgan fingerprint density at radius 3 is 2.43 bits per heavy atom. The molecule has 2 aliphatic heterocycles. The first kappa shape index (κ1) is 18.9. The number of hydrogen-bond donors (Lipinski definition) is 0. The fourth-order valence-corrected chi connectivity index (χ4v) is 5.15. The van der Waals surface area contributed by atoms with E-state index in [1.54, 1.807) is 0 Å². The van der Waals surface area contributed by atoms with Gasteiger partial charge in [0.2, 0.25) is 0 Å². The van der Waals surface area contributed by atoms with Gasteiger partial charge in [0.1, 0.15) is 0 Å². The molecule has 154 valence electrons. The summed E-state index contributed by atoms with van der Waals surface area (Å²) in [6.07, 6.45) is 0. The second-order valence-electron chi connectivity index (χ2n) is 8.19. The maximum absolute atomic E-state index is 12.7. The van der Waals surface area contributed by atoms with Crippen molar-refractivity contribution >= 4 is 11.8 Å². The Balaban J connectivity index is 1.48. The molecule has 0 amide bonds. The van der Waals surface area contributed by atoms with Crippen molar-refractivity contribution in [3.63, 3.8) is 0 Å². The van der Waals surface area contributed by atoms with Gasteiger partial charge in [-0.2, -0.15) is 0 Å². The summed E-state index contributed by atoms with van der Waals surface area (Å²) in [4.78, 5) is 17.3. The third-order valence-corrected chi connectivity index (χ3v) is 6.43. The van der Waals surface area contributed by atoms with Crippen molar-refractivity contribution < 1.29 is 14.1 Å². The second-order valence-corrected chi connectivity index (χ2v) is 8.19. The summed E-state index contributed by atoms with van der Waals surface area (Å²) in [7, 11) is 3.59. The molecule has 3 heterocycles. The van der Waals surface area contributed by atoms with Gasteiger partial charge in [0.15, 0.2) is 17.1 Å². The van der Waals surface area contributed by atoms with Gasteiger partial charge in [-0.05, 0) is 18.5 Å². The van der Waals surface area contributed by atoms with Crippen LogP contribution in [0.1, 0.15) is 22.0 Å². The molecular formula is C24H25N3O3. The standard InChI is InChI=1S/C24H25N3O3/c1-26-13-18-14-27(15-19(18)21(26)16-9-5-3-6-10-16)23-20(24(28)29-2)22(30-25-23)17-11-7-4-8-12-17/h3-12,18-19,21H,13-15H2,1-2H3/t18-,19+,21-/m0/s1. The number of ether oxygens (including phenoxy) is 1. The molecule has 0 unspecified atom stereocenters. The van der Waals surface area contributed by atoms with Gasteiger partial charge in [-0.1, -0.05) is 65.8 Å². The normalized spacial score (nSPS) is 23.5. The molecule has 2 saturated heterocycles. The summed E-state index contributed by atoms with van der Waals surface area (Å²) in [6.45, 7) is 2.71. The monoisotopic (exact) mass is 403 g/mol. The molecule has 30 heavy (non-hydrogen) atoms. The number of carbonyl (C=O) groups excluding carboxylic acids is 1. The highest BCUT2D eigenvalue weighted by Gasteiger charge is 2.47. The van der Waals surface area contributed by atoms with Gasteiger partial charge in [0, 0.05) is 37.2 Å². The van der Waals surface area contributed by atoms with Crippen LogP contribution < -0.4 is 4.90 Å². The molecule has 2 aliphatic rings. The lowest BCUT2D eigenvalue weighted by Gasteiger charge is -2.27. The third kappa shape index (κ3) is 3.08. The third-order valence-electron chi connectivity index (χ3n) is 6.43. The Kier molecular flexibility index (Phi) is 4.79. The largest absolute Gasteiger partial charge is 0.465 e. The highest BCUT2D eigenvalue weighted by atomic mass is 16.5. The summed E-state index contributed by atoms with van der Waals surface area (Å²) < 4.78 is 10.8. The lowest BCUT2D eigenvalue weighted by Crippen LogP contribution is -2.30. The maximum Gasteiger partial charge on any atom is 0.345 e. The van der Waals surface area contributed by atoms with Crippen LogP contribution in [-0.2, 0) is 4.74 Å². The van der Waals surface area contributed by atoms with Crippen LogP contribution in [0.25, 0.3) is 11.3 Å². The predicted octanol–water partition coefficient (Wildman–Crippen LogP) is 3.87. The molecule has 6 heteroatoms. The Hall–Kier alpha value is -3.12. The van der Waals surface area contributed by atoms with Crippen LogP contribution >= 0.6 is 0 Å². The number of benzene rings is 2. The Bertz CT molecular complexity index is 1030. The van der Waals surface area contributed by atoms with Crippen LogP contribution in [0.15, 0.2) is 65.2 Å². The van der Waals surface area contributed by atoms with E-state index < -0.39 is 5.97 Å². The van der Waals surface area contributed by atoms with Crippen LogP contribution in [0, 0.1) is 11.8 Å². The Labute approximate surface area is 176 Å². The topological polar surface area (TPSA) is 58.8 Å². The zero-order valence-electron chi connectivity index (χ0n) is 17.2. The first-order chi connectivity index (χ1) is 14.7. The fraction of sp³-hybridized carbons (Fsp3) is 0.333. The number of fused-ring (bicyclic) bond motifs is 1. The molecule has 0 bridgehead atoms. The number of nitrogens with zero attached hydrogens (tertiary/aromatic N) is 3. The number of rotatable bonds is 4. The lowest BCUT2D eigenvalue weighted by atomic mass is 9.90. The molecular weight excluding hydrogens is 378 g/mol. The van der Waals surface area contributed by atoms with Gasteiger partial charge < -0.3 is 14.2 Å². The lowest BCUT2D eigenvalue weighted by molar-refractivity contribution is 0.0601. The zero-order chi connectivity index (χ0) is 20.7. The average Bonchev–Trinajstić information content (AvgIpc) is 3.46. The van der Waals surface area contributed by atoms with Crippen LogP contribution in [0.3, 0.4) is 0 Å².